The summed E-state index contributed by atoms with van der Waals surface area (Å²) in [4.78, 5) is 0. The first-order chi connectivity index (χ1) is 2.81. The molecule has 0 N–H and O–H groups in total. The van der Waals surface area contributed by atoms with Crippen molar-refractivity contribution in [2.45, 2.75) is 18.8 Å². The van der Waals surface area contributed by atoms with Crippen molar-refractivity contribution in [1.82, 2.24) is 0 Å². The summed E-state index contributed by atoms with van der Waals surface area (Å²) in [5, 5.41) is 0. The molecule has 0 radical (unpaired) electrons. The average molecular weight is 106 g/mol. The summed E-state index contributed by atoms with van der Waals surface area (Å²) in [6.07, 6.45) is 0.972. The molecule has 0 saturated heterocycles. The average Bonchev–Trinajstić information content (AvgIpc) is 1.65. The van der Waals surface area contributed by atoms with E-state index in [9.17, 15) is 0 Å². The highest BCUT2D eigenvalue weighted by Crippen LogP contribution is 1.97. The van der Waals surface area contributed by atoms with Crippen LogP contribution in [0.15, 0.2) is 0 Å². The highest BCUT2D eigenvalue weighted by atomic mass is 32.1. The zero-order valence-electron chi connectivity index (χ0n) is 4.14. The van der Waals surface area contributed by atoms with Gasteiger partial charge in [-0.15, -0.1) is 12.6 Å². The molecule has 0 spiro atoms. The summed E-state index contributed by atoms with van der Waals surface area (Å²) in [6.45, 7) is 2.03. The minimum absolute atomic E-state index is 0.130. The Morgan fingerprint density at radius 1 is 1.83 bits per heavy atom. The minimum atomic E-state index is 0.130. The fourth-order valence-corrected chi connectivity index (χ4v) is 0.167. The predicted octanol–water partition coefficient (Wildman–Crippen LogP) is 1.30. The SMILES string of the molecule is CCC(S)OC. The van der Waals surface area contributed by atoms with Crippen LogP contribution in [0.5, 0.6) is 0 Å². The van der Waals surface area contributed by atoms with Gasteiger partial charge < -0.3 is 4.74 Å². The molecule has 0 bridgehead atoms. The lowest BCUT2D eigenvalue weighted by atomic mass is 10.5. The summed E-state index contributed by atoms with van der Waals surface area (Å²) in [7, 11) is 1.65. The molecule has 0 aliphatic rings. The van der Waals surface area contributed by atoms with Crippen LogP contribution >= 0.6 is 12.6 Å². The molecular formula is C4H10OS. The Kier molecular flexibility index (Phi) is 3.68. The second kappa shape index (κ2) is 3.50. The monoisotopic (exact) mass is 106 g/mol. The number of hydrogen-bond donors (Lipinski definition) is 1. The molecule has 0 rings (SSSR count). The van der Waals surface area contributed by atoms with Gasteiger partial charge in [-0.25, -0.2) is 0 Å². The van der Waals surface area contributed by atoms with Crippen LogP contribution in [0.3, 0.4) is 0 Å². The molecule has 1 atom stereocenters. The van der Waals surface area contributed by atoms with Crippen molar-refractivity contribution in [1.29, 1.82) is 0 Å². The van der Waals surface area contributed by atoms with Gasteiger partial charge in [0.1, 0.15) is 0 Å². The second-order valence-electron chi connectivity index (χ2n) is 1.10. The van der Waals surface area contributed by atoms with Crippen molar-refractivity contribution in [2.75, 3.05) is 7.11 Å². The topological polar surface area (TPSA) is 9.23 Å². The Morgan fingerprint density at radius 3 is 2.33 bits per heavy atom. The van der Waals surface area contributed by atoms with Crippen LogP contribution in [-0.2, 0) is 4.74 Å². The van der Waals surface area contributed by atoms with E-state index in [4.69, 9.17) is 4.74 Å². The maximum absolute atomic E-state index is 4.76. The summed E-state index contributed by atoms with van der Waals surface area (Å²) in [5.41, 5.74) is 0.130. The van der Waals surface area contributed by atoms with E-state index in [-0.39, 0.29) is 5.44 Å². The van der Waals surface area contributed by atoms with Crippen LogP contribution < -0.4 is 0 Å². The first-order valence-electron chi connectivity index (χ1n) is 2.02. The fraction of sp³-hybridized carbons (Fsp3) is 1.00. The van der Waals surface area contributed by atoms with E-state index in [1.807, 2.05) is 6.92 Å². The molecular weight excluding hydrogens is 96.1 g/mol. The van der Waals surface area contributed by atoms with Crippen LogP contribution in [0.2, 0.25) is 0 Å². The van der Waals surface area contributed by atoms with Crippen molar-refractivity contribution in [3.05, 3.63) is 0 Å². The molecule has 6 heavy (non-hydrogen) atoms. The summed E-state index contributed by atoms with van der Waals surface area (Å²) < 4.78 is 4.76. The lowest BCUT2D eigenvalue weighted by molar-refractivity contribution is 0.172. The number of thiol groups is 1. The number of hydrogen-bond acceptors (Lipinski definition) is 2. The smallest absolute Gasteiger partial charge is 0.0993 e. The predicted molar refractivity (Wildman–Crippen MR) is 30.1 cm³/mol. The summed E-state index contributed by atoms with van der Waals surface area (Å²) >= 11 is 4.01. The molecule has 1 unspecified atom stereocenters. The maximum Gasteiger partial charge on any atom is 0.0993 e. The third-order valence-electron chi connectivity index (χ3n) is 0.621. The van der Waals surface area contributed by atoms with Gasteiger partial charge in [0, 0.05) is 7.11 Å². The van der Waals surface area contributed by atoms with Crippen molar-refractivity contribution in [3.63, 3.8) is 0 Å². The molecule has 0 aromatic heterocycles. The van der Waals surface area contributed by atoms with Gasteiger partial charge in [-0.2, -0.15) is 0 Å². The number of ether oxygens (including phenoxy) is 1. The molecule has 0 heterocycles. The first-order valence-corrected chi connectivity index (χ1v) is 2.53. The van der Waals surface area contributed by atoms with E-state index in [2.05, 4.69) is 12.6 Å². The van der Waals surface area contributed by atoms with Gasteiger partial charge in [0.05, 0.1) is 5.44 Å². The van der Waals surface area contributed by atoms with Gasteiger partial charge in [0.15, 0.2) is 0 Å². The van der Waals surface area contributed by atoms with Gasteiger partial charge in [-0.05, 0) is 6.42 Å². The van der Waals surface area contributed by atoms with Crippen molar-refractivity contribution in [2.24, 2.45) is 0 Å². The Hall–Kier alpha value is 0.310. The first kappa shape index (κ1) is 6.31. The minimum Gasteiger partial charge on any atom is -0.371 e. The molecule has 1 nitrogen and oxygen atoms in total. The number of methoxy groups -OCH3 is 1. The molecule has 0 fully saturated rings. The summed E-state index contributed by atoms with van der Waals surface area (Å²) in [5.74, 6) is 0. The lowest BCUT2D eigenvalue weighted by Gasteiger charge is -2.00. The Bertz CT molecular complexity index is 26.7. The highest BCUT2D eigenvalue weighted by molar-refractivity contribution is 7.80. The van der Waals surface area contributed by atoms with E-state index >= 15 is 0 Å². The van der Waals surface area contributed by atoms with E-state index in [0.717, 1.165) is 6.42 Å². The van der Waals surface area contributed by atoms with Crippen molar-refractivity contribution < 1.29 is 4.74 Å². The quantitative estimate of drug-likeness (QED) is 0.412. The normalized spacial score (nSPS) is 14.5. The van der Waals surface area contributed by atoms with E-state index < -0.39 is 0 Å². The third kappa shape index (κ3) is 2.54. The highest BCUT2D eigenvalue weighted by Gasteiger charge is 1.89. The lowest BCUT2D eigenvalue weighted by Crippen LogP contribution is -1.96. The summed E-state index contributed by atoms with van der Waals surface area (Å²) in [6, 6.07) is 0. The van der Waals surface area contributed by atoms with Crippen LogP contribution in [0.1, 0.15) is 13.3 Å². The van der Waals surface area contributed by atoms with Gasteiger partial charge in [0.25, 0.3) is 0 Å². The third-order valence-corrected chi connectivity index (χ3v) is 1.20. The fourth-order valence-electron chi connectivity index (χ4n) is 0.167. The standard InChI is InChI=1S/C4H10OS/c1-3-4(6)5-2/h4,6H,3H2,1-2H3. The van der Waals surface area contributed by atoms with Crippen LogP contribution in [0, 0.1) is 0 Å². The number of rotatable bonds is 2. The Labute approximate surface area is 44.1 Å². The van der Waals surface area contributed by atoms with Gasteiger partial charge in [-0.3, -0.25) is 0 Å². The van der Waals surface area contributed by atoms with Gasteiger partial charge in [0.2, 0.25) is 0 Å². The molecule has 0 aliphatic heterocycles. The molecule has 0 aromatic carbocycles. The zero-order valence-corrected chi connectivity index (χ0v) is 5.03. The molecule has 0 amide bonds. The molecule has 0 saturated carbocycles. The zero-order chi connectivity index (χ0) is 4.99. The maximum atomic E-state index is 4.76. The van der Waals surface area contributed by atoms with E-state index in [0.29, 0.717) is 0 Å². The molecule has 38 valence electrons. The van der Waals surface area contributed by atoms with E-state index in [1.54, 1.807) is 7.11 Å². The van der Waals surface area contributed by atoms with Gasteiger partial charge >= 0.3 is 0 Å². The Morgan fingerprint density at radius 2 is 2.33 bits per heavy atom. The largest absolute Gasteiger partial charge is 0.371 e. The molecule has 2 heteroatoms. The van der Waals surface area contributed by atoms with Crippen LogP contribution in [-0.4, -0.2) is 12.5 Å². The molecule has 0 aromatic rings. The van der Waals surface area contributed by atoms with Gasteiger partial charge in [-0.1, -0.05) is 6.92 Å². The van der Waals surface area contributed by atoms with Crippen molar-refractivity contribution >= 4 is 12.6 Å². The second-order valence-corrected chi connectivity index (χ2v) is 1.67. The van der Waals surface area contributed by atoms with Crippen LogP contribution in [0.25, 0.3) is 0 Å². The van der Waals surface area contributed by atoms with Crippen molar-refractivity contribution in [3.8, 4) is 0 Å². The molecule has 0 aliphatic carbocycles. The van der Waals surface area contributed by atoms with E-state index in [1.165, 1.54) is 0 Å². The van der Waals surface area contributed by atoms with Crippen LogP contribution in [0.4, 0.5) is 0 Å². The Balaban J connectivity index is 2.75.